The predicted octanol–water partition coefficient (Wildman–Crippen LogP) is 0.781. The second-order valence-electron chi connectivity index (χ2n) is 4.47. The van der Waals surface area contributed by atoms with Gasteiger partial charge in [-0.25, -0.2) is 0 Å². The van der Waals surface area contributed by atoms with E-state index in [1.165, 1.54) is 0 Å². The maximum absolute atomic E-state index is 11.3. The van der Waals surface area contributed by atoms with Gasteiger partial charge in [-0.05, 0) is 27.7 Å². The lowest BCUT2D eigenvalue weighted by Crippen LogP contribution is -2.38. The Kier molecular flexibility index (Phi) is 5.28. The summed E-state index contributed by atoms with van der Waals surface area (Å²) in [6.45, 7) is 7.14. The molecule has 0 aromatic rings. The molecule has 0 rings (SSSR count). The van der Waals surface area contributed by atoms with Crippen molar-refractivity contribution < 1.29 is 19.4 Å². The molecule has 0 radical (unpaired) electrons. The molecule has 15 heavy (non-hydrogen) atoms. The number of carboxylic acid groups (broad SMARTS) is 1. The fourth-order valence-electron chi connectivity index (χ4n) is 0.912. The van der Waals surface area contributed by atoms with Gasteiger partial charge in [-0.3, -0.25) is 9.59 Å². The second-order valence-corrected chi connectivity index (χ2v) is 4.47. The molecule has 1 unspecified atom stereocenters. The summed E-state index contributed by atoms with van der Waals surface area (Å²) in [5.41, 5.74) is -0.368. The number of rotatable bonds is 5. The molecule has 5 heteroatoms. The Balaban J connectivity index is 3.79. The zero-order valence-electron chi connectivity index (χ0n) is 9.66. The molecule has 0 aliphatic rings. The van der Waals surface area contributed by atoms with Crippen LogP contribution in [0.15, 0.2) is 0 Å². The number of hydrogen-bond acceptors (Lipinski definition) is 3. The van der Waals surface area contributed by atoms with Gasteiger partial charge in [0, 0.05) is 6.04 Å². The van der Waals surface area contributed by atoms with E-state index < -0.39 is 5.97 Å². The Bertz CT molecular complexity index is 232. The van der Waals surface area contributed by atoms with Crippen LogP contribution in [0.5, 0.6) is 0 Å². The van der Waals surface area contributed by atoms with E-state index in [2.05, 4.69) is 5.32 Å². The second kappa shape index (κ2) is 5.70. The van der Waals surface area contributed by atoms with Gasteiger partial charge in [0.1, 0.15) is 6.61 Å². The zero-order chi connectivity index (χ0) is 12.1. The first-order valence-electron chi connectivity index (χ1n) is 4.86. The lowest BCUT2D eigenvalue weighted by atomic mass is 10.2. The SMILES string of the molecule is CC(CC(=O)O)NC(=O)COC(C)(C)C. The van der Waals surface area contributed by atoms with Gasteiger partial charge < -0.3 is 15.2 Å². The number of hydrogen-bond donors (Lipinski definition) is 2. The first kappa shape index (κ1) is 13.9. The van der Waals surface area contributed by atoms with E-state index in [0.29, 0.717) is 0 Å². The minimum absolute atomic E-state index is 0.0482. The molecule has 0 bridgehead atoms. The van der Waals surface area contributed by atoms with Gasteiger partial charge in [0.15, 0.2) is 0 Å². The predicted molar refractivity (Wildman–Crippen MR) is 55.6 cm³/mol. The van der Waals surface area contributed by atoms with E-state index in [0.717, 1.165) is 0 Å². The van der Waals surface area contributed by atoms with Gasteiger partial charge in [-0.15, -0.1) is 0 Å². The number of amides is 1. The number of carbonyl (C=O) groups excluding carboxylic acids is 1. The quantitative estimate of drug-likeness (QED) is 0.713. The summed E-state index contributed by atoms with van der Waals surface area (Å²) in [5, 5.41) is 11.0. The van der Waals surface area contributed by atoms with Crippen LogP contribution in [-0.4, -0.2) is 35.2 Å². The molecule has 0 fully saturated rings. The Morgan fingerprint density at radius 2 is 1.93 bits per heavy atom. The number of nitrogens with one attached hydrogen (secondary N) is 1. The smallest absolute Gasteiger partial charge is 0.305 e. The van der Waals surface area contributed by atoms with Crippen LogP contribution >= 0.6 is 0 Å². The van der Waals surface area contributed by atoms with E-state index >= 15 is 0 Å². The maximum atomic E-state index is 11.3. The van der Waals surface area contributed by atoms with E-state index in [1.807, 2.05) is 20.8 Å². The topological polar surface area (TPSA) is 75.6 Å². The minimum atomic E-state index is -0.931. The van der Waals surface area contributed by atoms with Crippen molar-refractivity contribution in [1.82, 2.24) is 5.32 Å². The van der Waals surface area contributed by atoms with E-state index in [4.69, 9.17) is 9.84 Å². The first-order chi connectivity index (χ1) is 6.70. The van der Waals surface area contributed by atoms with Crippen LogP contribution < -0.4 is 5.32 Å². The molecule has 0 saturated heterocycles. The minimum Gasteiger partial charge on any atom is -0.481 e. The molecule has 0 aromatic heterocycles. The highest BCUT2D eigenvalue weighted by molar-refractivity contribution is 5.78. The summed E-state index contributed by atoms with van der Waals surface area (Å²) >= 11 is 0. The summed E-state index contributed by atoms with van der Waals surface area (Å²) in [7, 11) is 0. The largest absolute Gasteiger partial charge is 0.481 e. The lowest BCUT2D eigenvalue weighted by Gasteiger charge is -2.20. The van der Waals surface area contributed by atoms with Crippen LogP contribution in [0.25, 0.3) is 0 Å². The van der Waals surface area contributed by atoms with E-state index in [9.17, 15) is 9.59 Å². The standard InChI is InChI=1S/C10H19NO4/c1-7(5-9(13)14)11-8(12)6-15-10(2,3)4/h7H,5-6H2,1-4H3,(H,11,12)(H,13,14). The third-order valence-corrected chi connectivity index (χ3v) is 1.52. The van der Waals surface area contributed by atoms with Gasteiger partial charge in [-0.1, -0.05) is 0 Å². The molecule has 0 aliphatic carbocycles. The third kappa shape index (κ3) is 9.21. The van der Waals surface area contributed by atoms with Crippen molar-refractivity contribution in [2.45, 2.75) is 45.8 Å². The van der Waals surface area contributed by atoms with E-state index in [1.54, 1.807) is 6.92 Å². The summed E-state index contributed by atoms with van der Waals surface area (Å²) in [6.07, 6.45) is -0.0821. The Hall–Kier alpha value is -1.10. The fourth-order valence-corrected chi connectivity index (χ4v) is 0.912. The van der Waals surface area contributed by atoms with Crippen molar-refractivity contribution >= 4 is 11.9 Å². The average Bonchev–Trinajstić information content (AvgIpc) is 1.97. The summed E-state index contributed by atoms with van der Waals surface area (Å²) < 4.78 is 5.24. The average molecular weight is 217 g/mol. The molecular formula is C10H19NO4. The van der Waals surface area contributed by atoms with E-state index in [-0.39, 0.29) is 30.6 Å². The molecule has 0 heterocycles. The molecule has 0 saturated carbocycles. The molecular weight excluding hydrogens is 198 g/mol. The van der Waals surface area contributed by atoms with Crippen molar-refractivity contribution in [3.8, 4) is 0 Å². The molecule has 2 N–H and O–H groups in total. The maximum Gasteiger partial charge on any atom is 0.305 e. The van der Waals surface area contributed by atoms with Crippen molar-refractivity contribution in [1.29, 1.82) is 0 Å². The van der Waals surface area contributed by atoms with Crippen molar-refractivity contribution in [3.05, 3.63) is 0 Å². The molecule has 0 aliphatic heterocycles. The highest BCUT2D eigenvalue weighted by Gasteiger charge is 2.15. The highest BCUT2D eigenvalue weighted by Crippen LogP contribution is 2.05. The Morgan fingerprint density at radius 3 is 2.33 bits per heavy atom. The zero-order valence-corrected chi connectivity index (χ0v) is 9.66. The molecule has 5 nitrogen and oxygen atoms in total. The Morgan fingerprint density at radius 1 is 1.40 bits per heavy atom. The van der Waals surface area contributed by atoms with Gasteiger partial charge in [-0.2, -0.15) is 0 Å². The fraction of sp³-hybridized carbons (Fsp3) is 0.800. The van der Waals surface area contributed by atoms with Crippen LogP contribution in [0, 0.1) is 0 Å². The molecule has 0 aromatic carbocycles. The van der Waals surface area contributed by atoms with Gasteiger partial charge in [0.05, 0.1) is 12.0 Å². The summed E-state index contributed by atoms with van der Waals surface area (Å²) in [4.78, 5) is 21.6. The number of carbonyl (C=O) groups is 2. The third-order valence-electron chi connectivity index (χ3n) is 1.52. The van der Waals surface area contributed by atoms with Crippen LogP contribution in [-0.2, 0) is 14.3 Å². The first-order valence-corrected chi connectivity index (χ1v) is 4.86. The van der Waals surface area contributed by atoms with Crippen molar-refractivity contribution in [3.63, 3.8) is 0 Å². The molecule has 0 spiro atoms. The van der Waals surface area contributed by atoms with Crippen LogP contribution in [0.3, 0.4) is 0 Å². The number of carboxylic acids is 1. The molecule has 1 amide bonds. The molecule has 1 atom stereocenters. The number of aliphatic carboxylic acids is 1. The van der Waals surface area contributed by atoms with Gasteiger partial charge in [0.25, 0.3) is 0 Å². The lowest BCUT2D eigenvalue weighted by molar-refractivity contribution is -0.138. The van der Waals surface area contributed by atoms with Crippen LogP contribution in [0.1, 0.15) is 34.1 Å². The van der Waals surface area contributed by atoms with Gasteiger partial charge >= 0.3 is 5.97 Å². The van der Waals surface area contributed by atoms with Crippen molar-refractivity contribution in [2.24, 2.45) is 0 Å². The normalized spacial score (nSPS) is 13.3. The van der Waals surface area contributed by atoms with Crippen LogP contribution in [0.4, 0.5) is 0 Å². The molecule has 88 valence electrons. The summed E-state index contributed by atoms with van der Waals surface area (Å²) in [6, 6.07) is -0.376. The summed E-state index contributed by atoms with van der Waals surface area (Å²) in [5.74, 6) is -1.22. The van der Waals surface area contributed by atoms with Crippen molar-refractivity contribution in [2.75, 3.05) is 6.61 Å². The number of ether oxygens (including phenoxy) is 1. The highest BCUT2D eigenvalue weighted by atomic mass is 16.5. The van der Waals surface area contributed by atoms with Gasteiger partial charge in [0.2, 0.25) is 5.91 Å². The van der Waals surface area contributed by atoms with Crippen LogP contribution in [0.2, 0.25) is 0 Å². The Labute approximate surface area is 89.8 Å². The monoisotopic (exact) mass is 217 g/mol.